The van der Waals surface area contributed by atoms with E-state index in [9.17, 15) is 4.79 Å². The van der Waals surface area contributed by atoms with Crippen molar-refractivity contribution in [3.63, 3.8) is 0 Å². The highest BCUT2D eigenvalue weighted by Gasteiger charge is 2.15. The van der Waals surface area contributed by atoms with Crippen molar-refractivity contribution in [3.8, 4) is 5.75 Å². The summed E-state index contributed by atoms with van der Waals surface area (Å²) in [6.07, 6.45) is -0.577. The third-order valence-corrected chi connectivity index (χ3v) is 3.13. The molecule has 104 valence electrons. The molecule has 0 aliphatic carbocycles. The van der Waals surface area contributed by atoms with Crippen molar-refractivity contribution < 1.29 is 9.53 Å². The van der Waals surface area contributed by atoms with Crippen molar-refractivity contribution in [2.24, 2.45) is 0 Å². The number of hydrogen-bond acceptors (Lipinski definition) is 2. The van der Waals surface area contributed by atoms with Crippen molar-refractivity contribution in [3.05, 3.63) is 59.1 Å². The Morgan fingerprint density at radius 1 is 1.15 bits per heavy atom. The zero-order valence-electron chi connectivity index (χ0n) is 11.4. The monoisotopic (exact) mass is 289 g/mol. The van der Waals surface area contributed by atoms with Gasteiger partial charge in [-0.25, -0.2) is 0 Å². The lowest BCUT2D eigenvalue weighted by molar-refractivity contribution is -0.122. The zero-order valence-corrected chi connectivity index (χ0v) is 12.1. The molecule has 20 heavy (non-hydrogen) atoms. The third kappa shape index (κ3) is 3.75. The molecule has 1 amide bonds. The van der Waals surface area contributed by atoms with Gasteiger partial charge in [-0.1, -0.05) is 29.8 Å². The molecule has 4 heteroatoms. The van der Waals surface area contributed by atoms with Crippen LogP contribution < -0.4 is 10.1 Å². The molecule has 2 aromatic rings. The van der Waals surface area contributed by atoms with Crippen LogP contribution in [0.3, 0.4) is 0 Å². The molecule has 2 aromatic carbocycles. The summed E-state index contributed by atoms with van der Waals surface area (Å²) < 4.78 is 5.66. The number of carbonyl (C=O) groups is 1. The lowest BCUT2D eigenvalue weighted by Crippen LogP contribution is -2.30. The van der Waals surface area contributed by atoms with E-state index >= 15 is 0 Å². The second-order valence-electron chi connectivity index (χ2n) is 4.52. The van der Waals surface area contributed by atoms with E-state index in [1.165, 1.54) is 0 Å². The molecule has 0 saturated heterocycles. The maximum Gasteiger partial charge on any atom is 0.265 e. The van der Waals surface area contributed by atoms with E-state index < -0.39 is 6.10 Å². The summed E-state index contributed by atoms with van der Waals surface area (Å²) in [5.41, 5.74) is 1.69. The second kappa shape index (κ2) is 6.44. The summed E-state index contributed by atoms with van der Waals surface area (Å²) in [6, 6.07) is 14.6. The maximum absolute atomic E-state index is 12.0. The molecule has 1 N–H and O–H groups in total. The summed E-state index contributed by atoms with van der Waals surface area (Å²) in [7, 11) is 0. The molecule has 2 rings (SSSR count). The van der Waals surface area contributed by atoms with Gasteiger partial charge >= 0.3 is 0 Å². The lowest BCUT2D eigenvalue weighted by atomic mass is 10.2. The van der Waals surface area contributed by atoms with E-state index in [4.69, 9.17) is 16.3 Å². The quantitative estimate of drug-likeness (QED) is 0.922. The van der Waals surface area contributed by atoms with Crippen LogP contribution in [0.4, 0.5) is 5.69 Å². The van der Waals surface area contributed by atoms with E-state index in [1.807, 2.05) is 31.2 Å². The van der Waals surface area contributed by atoms with E-state index in [0.717, 1.165) is 5.56 Å². The van der Waals surface area contributed by atoms with Gasteiger partial charge in [0.25, 0.3) is 5.91 Å². The van der Waals surface area contributed by atoms with Crippen molar-refractivity contribution in [1.29, 1.82) is 0 Å². The van der Waals surface area contributed by atoms with Gasteiger partial charge in [0.05, 0.1) is 0 Å². The Bertz CT molecular complexity index is 596. The standard InChI is InChI=1S/C16H16ClNO2/c1-11-5-3-4-6-15(11)20-12(2)16(19)18-14-9-7-13(17)8-10-14/h3-10,12H,1-2H3,(H,18,19)/t12-/m0/s1. The minimum Gasteiger partial charge on any atom is -0.481 e. The molecule has 0 heterocycles. The summed E-state index contributed by atoms with van der Waals surface area (Å²) in [6.45, 7) is 3.66. The van der Waals surface area contributed by atoms with Gasteiger partial charge in [0, 0.05) is 10.7 Å². The maximum atomic E-state index is 12.0. The zero-order chi connectivity index (χ0) is 14.5. The first-order valence-electron chi connectivity index (χ1n) is 6.35. The molecule has 0 spiro atoms. The van der Waals surface area contributed by atoms with Crippen LogP contribution in [0.2, 0.25) is 5.02 Å². The van der Waals surface area contributed by atoms with Gasteiger partial charge in [0.15, 0.2) is 6.10 Å². The number of halogens is 1. The van der Waals surface area contributed by atoms with Crippen LogP contribution in [0.5, 0.6) is 5.75 Å². The first kappa shape index (κ1) is 14.4. The topological polar surface area (TPSA) is 38.3 Å². The number of nitrogens with one attached hydrogen (secondary N) is 1. The number of carbonyl (C=O) groups excluding carboxylic acids is 1. The number of aryl methyl sites for hydroxylation is 1. The fourth-order valence-corrected chi connectivity index (χ4v) is 1.84. The number of ether oxygens (including phenoxy) is 1. The molecule has 0 radical (unpaired) electrons. The fourth-order valence-electron chi connectivity index (χ4n) is 1.71. The Kier molecular flexibility index (Phi) is 4.64. The molecule has 0 bridgehead atoms. The van der Waals surface area contributed by atoms with Gasteiger partial charge in [-0.15, -0.1) is 0 Å². The van der Waals surface area contributed by atoms with Crippen LogP contribution in [0.25, 0.3) is 0 Å². The van der Waals surface area contributed by atoms with Crippen LogP contribution in [0, 0.1) is 6.92 Å². The van der Waals surface area contributed by atoms with Gasteiger partial charge in [-0.3, -0.25) is 4.79 Å². The Balaban J connectivity index is 1.99. The molecule has 0 saturated carbocycles. The number of benzene rings is 2. The predicted molar refractivity (Wildman–Crippen MR) is 81.4 cm³/mol. The molecule has 3 nitrogen and oxygen atoms in total. The van der Waals surface area contributed by atoms with E-state index in [0.29, 0.717) is 16.5 Å². The van der Waals surface area contributed by atoms with E-state index in [-0.39, 0.29) is 5.91 Å². The summed E-state index contributed by atoms with van der Waals surface area (Å²) in [5.74, 6) is 0.516. The highest BCUT2D eigenvalue weighted by Crippen LogP contribution is 2.19. The Morgan fingerprint density at radius 2 is 1.80 bits per heavy atom. The number of anilines is 1. The van der Waals surface area contributed by atoms with Gasteiger partial charge in [-0.05, 0) is 49.7 Å². The minimum absolute atomic E-state index is 0.199. The third-order valence-electron chi connectivity index (χ3n) is 2.88. The molecular formula is C16H16ClNO2. The normalized spacial score (nSPS) is 11.8. The van der Waals surface area contributed by atoms with E-state index in [1.54, 1.807) is 31.2 Å². The van der Waals surface area contributed by atoms with Crippen LogP contribution in [-0.4, -0.2) is 12.0 Å². The lowest BCUT2D eigenvalue weighted by Gasteiger charge is -2.16. The minimum atomic E-state index is -0.577. The van der Waals surface area contributed by atoms with Gasteiger partial charge in [-0.2, -0.15) is 0 Å². The molecule has 0 aliphatic heterocycles. The van der Waals surface area contributed by atoms with Crippen LogP contribution in [-0.2, 0) is 4.79 Å². The molecule has 0 aromatic heterocycles. The highest BCUT2D eigenvalue weighted by atomic mass is 35.5. The van der Waals surface area contributed by atoms with Crippen molar-refractivity contribution in [2.45, 2.75) is 20.0 Å². The second-order valence-corrected chi connectivity index (χ2v) is 4.96. The highest BCUT2D eigenvalue weighted by molar-refractivity contribution is 6.30. The molecule has 0 fully saturated rings. The average Bonchev–Trinajstić information content (AvgIpc) is 2.44. The van der Waals surface area contributed by atoms with Crippen molar-refractivity contribution >= 4 is 23.2 Å². The first-order chi connectivity index (χ1) is 9.56. The average molecular weight is 290 g/mol. The van der Waals surface area contributed by atoms with E-state index in [2.05, 4.69) is 5.32 Å². The smallest absolute Gasteiger partial charge is 0.265 e. The van der Waals surface area contributed by atoms with Gasteiger partial charge < -0.3 is 10.1 Å². The summed E-state index contributed by atoms with van der Waals surface area (Å²) >= 11 is 5.80. The largest absolute Gasteiger partial charge is 0.481 e. The fraction of sp³-hybridized carbons (Fsp3) is 0.188. The molecular weight excluding hydrogens is 274 g/mol. The van der Waals surface area contributed by atoms with Crippen molar-refractivity contribution in [1.82, 2.24) is 0 Å². The Morgan fingerprint density at radius 3 is 2.45 bits per heavy atom. The van der Waals surface area contributed by atoms with Gasteiger partial charge in [0.1, 0.15) is 5.75 Å². The van der Waals surface area contributed by atoms with Gasteiger partial charge in [0.2, 0.25) is 0 Å². The summed E-state index contributed by atoms with van der Waals surface area (Å²) in [5, 5.41) is 3.42. The number of amides is 1. The predicted octanol–water partition coefficient (Wildman–Crippen LogP) is 4.05. The molecule has 0 unspecified atom stereocenters. The SMILES string of the molecule is Cc1ccccc1O[C@@H](C)C(=O)Nc1ccc(Cl)cc1. The number of rotatable bonds is 4. The Hall–Kier alpha value is -2.00. The number of hydrogen-bond donors (Lipinski definition) is 1. The summed E-state index contributed by atoms with van der Waals surface area (Å²) in [4.78, 5) is 12.0. The van der Waals surface area contributed by atoms with Crippen LogP contribution >= 0.6 is 11.6 Å². The number of para-hydroxylation sites is 1. The van der Waals surface area contributed by atoms with Crippen LogP contribution in [0.1, 0.15) is 12.5 Å². The Labute approximate surface area is 123 Å². The first-order valence-corrected chi connectivity index (χ1v) is 6.73. The van der Waals surface area contributed by atoms with Crippen LogP contribution in [0.15, 0.2) is 48.5 Å². The molecule has 0 aliphatic rings. The van der Waals surface area contributed by atoms with Crippen molar-refractivity contribution in [2.75, 3.05) is 5.32 Å². The molecule has 1 atom stereocenters.